The van der Waals surface area contributed by atoms with Crippen molar-refractivity contribution in [2.45, 2.75) is 51.2 Å². The quantitative estimate of drug-likeness (QED) is 0.304. The molecule has 1 unspecified atom stereocenters. The fourth-order valence-electron chi connectivity index (χ4n) is 4.99. The number of amides is 2. The number of alkyl halides is 1. The Morgan fingerprint density at radius 2 is 1.95 bits per heavy atom. The van der Waals surface area contributed by atoms with Gasteiger partial charge in [-0.05, 0) is 44.5 Å². The lowest BCUT2D eigenvalue weighted by Gasteiger charge is -2.40. The number of nitrogens with zero attached hydrogens (tertiary/aromatic N) is 3. The Morgan fingerprint density at radius 1 is 1.23 bits per heavy atom. The normalized spacial score (nSPS) is 18.9. The molecule has 0 bridgehead atoms. The smallest absolute Gasteiger partial charge is 0.318 e. The predicted molar refractivity (Wildman–Crippen MR) is 145 cm³/mol. The van der Waals surface area contributed by atoms with Crippen LogP contribution in [-0.2, 0) is 6.54 Å². The zero-order chi connectivity index (χ0) is 29.0. The van der Waals surface area contributed by atoms with Crippen LogP contribution in [0.25, 0.3) is 11.3 Å². The molecule has 1 aliphatic heterocycles. The molecule has 1 aromatic heterocycles. The summed E-state index contributed by atoms with van der Waals surface area (Å²) in [4.78, 5) is 19.6. The minimum atomic E-state index is -1.60. The zero-order valence-corrected chi connectivity index (χ0v) is 22.8. The van der Waals surface area contributed by atoms with Gasteiger partial charge in [0.15, 0.2) is 0 Å². The van der Waals surface area contributed by atoms with E-state index in [-0.39, 0.29) is 43.3 Å². The number of rotatable bonds is 10. The zero-order valence-electron chi connectivity index (χ0n) is 22.8. The maximum Gasteiger partial charge on any atom is 0.318 e. The Kier molecular flexibility index (Phi) is 9.17. The van der Waals surface area contributed by atoms with Gasteiger partial charge in [0.05, 0.1) is 23.9 Å². The molecule has 8 nitrogen and oxygen atoms in total. The second-order valence-electron chi connectivity index (χ2n) is 10.9. The molecule has 40 heavy (non-hydrogen) atoms. The second-order valence-corrected chi connectivity index (χ2v) is 10.9. The summed E-state index contributed by atoms with van der Waals surface area (Å²) >= 11 is 0. The maximum atomic E-state index is 14.8. The molecule has 1 fully saturated rings. The summed E-state index contributed by atoms with van der Waals surface area (Å²) in [6, 6.07) is 10.1. The van der Waals surface area contributed by atoms with E-state index in [9.17, 15) is 28.2 Å². The third-order valence-corrected chi connectivity index (χ3v) is 7.03. The summed E-state index contributed by atoms with van der Waals surface area (Å²) in [5.41, 5.74) is -0.686. The average molecular weight is 560 g/mol. The Morgan fingerprint density at radius 3 is 2.58 bits per heavy atom. The average Bonchev–Trinajstić information content (AvgIpc) is 3.50. The van der Waals surface area contributed by atoms with E-state index in [1.54, 1.807) is 17.7 Å². The molecule has 4 N–H and O–H groups in total. The van der Waals surface area contributed by atoms with Gasteiger partial charge in [-0.25, -0.2) is 22.9 Å². The van der Waals surface area contributed by atoms with Gasteiger partial charge in [-0.15, -0.1) is 0 Å². The van der Waals surface area contributed by atoms with Crippen LogP contribution in [0.1, 0.15) is 38.2 Å². The molecular weight excluding hydrogens is 523 g/mol. The van der Waals surface area contributed by atoms with Crippen molar-refractivity contribution in [3.63, 3.8) is 0 Å². The molecule has 11 heteroatoms. The van der Waals surface area contributed by atoms with Crippen molar-refractivity contribution in [3.05, 3.63) is 77.8 Å². The minimum Gasteiger partial charge on any atom is -0.394 e. The maximum absolute atomic E-state index is 14.8. The van der Waals surface area contributed by atoms with Crippen molar-refractivity contribution >= 4 is 6.03 Å². The largest absolute Gasteiger partial charge is 0.394 e. The first-order chi connectivity index (χ1) is 19.0. The SMILES string of the molecule is C[C@@H](CO)NC(=O)N(C[C@@H]1CNC[C@@H]1F)C(c1nc(-c2cc(F)ccc2F)cn1Cc1ccccc1)C(C)(C)O. The molecule has 2 amide bonds. The summed E-state index contributed by atoms with van der Waals surface area (Å²) in [6.07, 6.45) is 0.342. The third kappa shape index (κ3) is 6.83. The number of aromatic nitrogens is 2. The van der Waals surface area contributed by atoms with Gasteiger partial charge in [0.2, 0.25) is 0 Å². The molecule has 2 heterocycles. The lowest BCUT2D eigenvalue weighted by molar-refractivity contribution is -0.0178. The van der Waals surface area contributed by atoms with Crippen LogP contribution in [0.3, 0.4) is 0 Å². The molecule has 216 valence electrons. The van der Waals surface area contributed by atoms with Crippen molar-refractivity contribution in [3.8, 4) is 11.3 Å². The van der Waals surface area contributed by atoms with Crippen LogP contribution in [0.5, 0.6) is 0 Å². The first-order valence-corrected chi connectivity index (χ1v) is 13.3. The van der Waals surface area contributed by atoms with E-state index < -0.39 is 47.4 Å². The van der Waals surface area contributed by atoms with Crippen molar-refractivity contribution in [1.29, 1.82) is 0 Å². The molecule has 0 radical (unpaired) electrons. The molecule has 4 atom stereocenters. The standard InChI is InChI=1S/C29H36F3N5O3/c1-18(17-38)34-28(39)37(15-20-12-33-13-24(20)32)26(29(2,3)40)27-35-25(22-11-21(30)9-10-23(22)31)16-36(27)14-19-7-5-4-6-8-19/h4-11,16,18,20,24,26,33,38,40H,12-15,17H2,1-3H3,(H,34,39)/t18-,20-,24-,26?/m0/s1. The first kappa shape index (κ1) is 29.6. The first-order valence-electron chi connectivity index (χ1n) is 13.3. The number of carbonyl (C=O) groups is 1. The summed E-state index contributed by atoms with van der Waals surface area (Å²) in [7, 11) is 0. The lowest BCUT2D eigenvalue weighted by Crippen LogP contribution is -2.54. The molecular formula is C29H36F3N5O3. The van der Waals surface area contributed by atoms with E-state index in [0.29, 0.717) is 6.54 Å². The highest BCUT2D eigenvalue weighted by Crippen LogP contribution is 2.36. The van der Waals surface area contributed by atoms with Crippen LogP contribution in [0, 0.1) is 17.6 Å². The fourth-order valence-corrected chi connectivity index (χ4v) is 4.99. The van der Waals surface area contributed by atoms with Crippen LogP contribution in [0.15, 0.2) is 54.7 Å². The van der Waals surface area contributed by atoms with E-state index in [1.165, 1.54) is 18.7 Å². The number of hydrogen-bond acceptors (Lipinski definition) is 5. The highest BCUT2D eigenvalue weighted by Gasteiger charge is 2.43. The number of hydrogen-bond donors (Lipinski definition) is 4. The molecule has 1 aliphatic rings. The number of aliphatic hydroxyl groups is 2. The van der Waals surface area contributed by atoms with Crippen molar-refractivity contribution in [1.82, 2.24) is 25.1 Å². The topological polar surface area (TPSA) is 103 Å². The molecule has 0 spiro atoms. The monoisotopic (exact) mass is 559 g/mol. The number of nitrogens with one attached hydrogen (secondary N) is 2. The Balaban J connectivity index is 1.87. The summed E-state index contributed by atoms with van der Waals surface area (Å²) in [6.45, 7) is 4.98. The second kappa shape index (κ2) is 12.4. The van der Waals surface area contributed by atoms with Gasteiger partial charge < -0.3 is 30.3 Å². The van der Waals surface area contributed by atoms with Gasteiger partial charge in [-0.1, -0.05) is 30.3 Å². The number of carbonyl (C=O) groups excluding carboxylic acids is 1. The van der Waals surface area contributed by atoms with Crippen molar-refractivity contribution in [2.75, 3.05) is 26.2 Å². The highest BCUT2D eigenvalue weighted by atomic mass is 19.1. The van der Waals surface area contributed by atoms with Gasteiger partial charge in [0.25, 0.3) is 0 Å². The number of halogens is 3. The van der Waals surface area contributed by atoms with Crippen LogP contribution < -0.4 is 10.6 Å². The number of aliphatic hydroxyl groups excluding tert-OH is 1. The fraction of sp³-hybridized carbons (Fsp3) is 0.448. The Hall–Kier alpha value is -3.41. The van der Waals surface area contributed by atoms with Crippen LogP contribution in [0.4, 0.5) is 18.0 Å². The molecule has 4 rings (SSSR count). The van der Waals surface area contributed by atoms with E-state index in [4.69, 9.17) is 0 Å². The van der Waals surface area contributed by atoms with Crippen LogP contribution in [-0.4, -0.2) is 74.8 Å². The minimum absolute atomic E-state index is 0.0609. The van der Waals surface area contributed by atoms with E-state index in [2.05, 4.69) is 15.6 Å². The Labute approximate surface area is 231 Å². The molecule has 0 aliphatic carbocycles. The van der Waals surface area contributed by atoms with Gasteiger partial charge in [-0.3, -0.25) is 0 Å². The summed E-state index contributed by atoms with van der Waals surface area (Å²) in [5.74, 6) is -1.67. The van der Waals surface area contributed by atoms with Crippen LogP contribution in [0.2, 0.25) is 0 Å². The van der Waals surface area contributed by atoms with Gasteiger partial charge in [0, 0.05) is 43.9 Å². The highest BCUT2D eigenvalue weighted by molar-refractivity contribution is 5.75. The molecule has 1 saturated heterocycles. The lowest BCUT2D eigenvalue weighted by atomic mass is 9.94. The molecule has 0 saturated carbocycles. The van der Waals surface area contributed by atoms with Gasteiger partial charge in [-0.2, -0.15) is 0 Å². The van der Waals surface area contributed by atoms with Gasteiger partial charge >= 0.3 is 6.03 Å². The van der Waals surface area contributed by atoms with E-state index >= 15 is 0 Å². The van der Waals surface area contributed by atoms with Gasteiger partial charge in [0.1, 0.15) is 29.7 Å². The molecule has 3 aromatic rings. The summed E-state index contributed by atoms with van der Waals surface area (Å²) < 4.78 is 45.4. The number of imidazole rings is 1. The molecule has 2 aromatic carbocycles. The van der Waals surface area contributed by atoms with Crippen molar-refractivity contribution in [2.24, 2.45) is 5.92 Å². The van der Waals surface area contributed by atoms with E-state index in [0.717, 1.165) is 23.8 Å². The van der Waals surface area contributed by atoms with E-state index in [1.807, 2.05) is 30.3 Å². The predicted octanol–water partition coefficient (Wildman–Crippen LogP) is 3.64. The third-order valence-electron chi connectivity index (χ3n) is 7.03. The number of benzene rings is 2. The number of urea groups is 1. The summed E-state index contributed by atoms with van der Waals surface area (Å²) in [5, 5.41) is 26.7. The van der Waals surface area contributed by atoms with Crippen molar-refractivity contribution < 1.29 is 28.2 Å². The van der Waals surface area contributed by atoms with Crippen LogP contribution >= 0.6 is 0 Å². The Bertz CT molecular complexity index is 1300.